The SMILES string of the molecule is COc1cc(/C=C2\SC(=O)N(CCNC(=O)c3ccc(Cl)cc3)C2=O)cc(OC)c1OC. The minimum Gasteiger partial charge on any atom is -0.493 e. The highest BCUT2D eigenvalue weighted by molar-refractivity contribution is 8.18. The second kappa shape index (κ2) is 10.4. The van der Waals surface area contributed by atoms with Crippen molar-refractivity contribution in [3.05, 3.63) is 57.5 Å². The maximum absolute atomic E-state index is 12.7. The molecule has 1 saturated heterocycles. The molecule has 0 bridgehead atoms. The van der Waals surface area contributed by atoms with Crippen molar-refractivity contribution in [1.82, 2.24) is 10.2 Å². The Labute approximate surface area is 194 Å². The summed E-state index contributed by atoms with van der Waals surface area (Å²) in [7, 11) is 4.48. The summed E-state index contributed by atoms with van der Waals surface area (Å²) in [5.41, 5.74) is 1.05. The number of thioether (sulfide) groups is 1. The van der Waals surface area contributed by atoms with Crippen molar-refractivity contribution in [2.45, 2.75) is 0 Å². The smallest absolute Gasteiger partial charge is 0.293 e. The predicted octanol–water partition coefficient (Wildman–Crippen LogP) is 3.83. The Hall–Kier alpha value is -3.17. The molecule has 0 unspecified atom stereocenters. The summed E-state index contributed by atoms with van der Waals surface area (Å²) in [4.78, 5) is 38.6. The van der Waals surface area contributed by atoms with E-state index in [0.717, 1.165) is 16.7 Å². The van der Waals surface area contributed by atoms with E-state index in [0.29, 0.717) is 33.4 Å². The number of nitrogens with one attached hydrogen (secondary N) is 1. The Morgan fingerprint density at radius 2 is 1.69 bits per heavy atom. The Morgan fingerprint density at radius 3 is 2.25 bits per heavy atom. The third-order valence-corrected chi connectivity index (χ3v) is 5.75. The van der Waals surface area contributed by atoms with Crippen molar-refractivity contribution in [3.63, 3.8) is 0 Å². The van der Waals surface area contributed by atoms with Crippen molar-refractivity contribution < 1.29 is 28.6 Å². The number of methoxy groups -OCH3 is 3. The average molecular weight is 477 g/mol. The van der Waals surface area contributed by atoms with Crippen LogP contribution >= 0.6 is 23.4 Å². The monoisotopic (exact) mass is 476 g/mol. The van der Waals surface area contributed by atoms with Gasteiger partial charge in [0.2, 0.25) is 5.75 Å². The van der Waals surface area contributed by atoms with Gasteiger partial charge in [-0.1, -0.05) is 11.6 Å². The molecule has 0 atom stereocenters. The quantitative estimate of drug-likeness (QED) is 0.578. The molecular formula is C22H21ClN2O6S. The van der Waals surface area contributed by atoms with Gasteiger partial charge in [-0.15, -0.1) is 0 Å². The zero-order valence-corrected chi connectivity index (χ0v) is 19.2. The number of imide groups is 1. The molecule has 1 N–H and O–H groups in total. The van der Waals surface area contributed by atoms with E-state index in [9.17, 15) is 14.4 Å². The second-order valence-corrected chi connectivity index (χ2v) is 7.98. The third-order valence-electron chi connectivity index (χ3n) is 4.59. The summed E-state index contributed by atoms with van der Waals surface area (Å²) in [6.45, 7) is 0.174. The van der Waals surface area contributed by atoms with Gasteiger partial charge >= 0.3 is 0 Å². The van der Waals surface area contributed by atoms with Crippen LogP contribution in [0, 0.1) is 0 Å². The van der Waals surface area contributed by atoms with Crippen LogP contribution in [0.1, 0.15) is 15.9 Å². The molecule has 0 aliphatic carbocycles. The molecule has 3 rings (SSSR count). The number of benzene rings is 2. The van der Waals surface area contributed by atoms with E-state index in [1.54, 1.807) is 42.5 Å². The van der Waals surface area contributed by atoms with Gasteiger partial charge < -0.3 is 19.5 Å². The van der Waals surface area contributed by atoms with E-state index in [4.69, 9.17) is 25.8 Å². The van der Waals surface area contributed by atoms with Gasteiger partial charge in [0, 0.05) is 23.7 Å². The first kappa shape index (κ1) is 23.5. The molecule has 8 nitrogen and oxygen atoms in total. The topological polar surface area (TPSA) is 94.2 Å². The molecule has 1 heterocycles. The number of ether oxygens (including phenoxy) is 3. The van der Waals surface area contributed by atoms with Crippen LogP contribution < -0.4 is 19.5 Å². The molecule has 1 fully saturated rings. The first-order valence-electron chi connectivity index (χ1n) is 9.47. The van der Waals surface area contributed by atoms with Crippen molar-refractivity contribution >= 4 is 46.5 Å². The molecule has 2 aromatic carbocycles. The van der Waals surface area contributed by atoms with Crippen LogP contribution in [-0.2, 0) is 4.79 Å². The molecular weight excluding hydrogens is 456 g/mol. The summed E-state index contributed by atoms with van der Waals surface area (Å²) in [5.74, 6) is 0.539. The maximum atomic E-state index is 12.7. The van der Waals surface area contributed by atoms with E-state index in [2.05, 4.69) is 5.32 Å². The Bertz CT molecular complexity index is 1050. The van der Waals surface area contributed by atoms with E-state index in [1.165, 1.54) is 21.3 Å². The van der Waals surface area contributed by atoms with Crippen LogP contribution in [0.15, 0.2) is 41.3 Å². The molecule has 168 valence electrons. The highest BCUT2D eigenvalue weighted by Crippen LogP contribution is 2.40. The van der Waals surface area contributed by atoms with E-state index >= 15 is 0 Å². The first-order valence-corrected chi connectivity index (χ1v) is 10.7. The Morgan fingerprint density at radius 1 is 1.06 bits per heavy atom. The fraction of sp³-hybridized carbons (Fsp3) is 0.227. The molecule has 10 heteroatoms. The molecule has 0 saturated carbocycles. The number of carbonyl (C=O) groups excluding carboxylic acids is 3. The van der Waals surface area contributed by atoms with Gasteiger partial charge in [-0.05, 0) is 59.8 Å². The van der Waals surface area contributed by atoms with Crippen LogP contribution in [0.5, 0.6) is 17.2 Å². The summed E-state index contributed by atoms with van der Waals surface area (Å²) in [6, 6.07) is 9.78. The minimum atomic E-state index is -0.436. The van der Waals surface area contributed by atoms with Crippen LogP contribution in [-0.4, -0.2) is 56.4 Å². The van der Waals surface area contributed by atoms with Crippen LogP contribution in [0.25, 0.3) is 6.08 Å². The molecule has 1 aliphatic heterocycles. The predicted molar refractivity (Wildman–Crippen MR) is 123 cm³/mol. The number of halogens is 1. The Balaban J connectivity index is 1.68. The number of hydrogen-bond donors (Lipinski definition) is 1. The highest BCUT2D eigenvalue weighted by Gasteiger charge is 2.34. The first-order chi connectivity index (χ1) is 15.4. The van der Waals surface area contributed by atoms with Gasteiger partial charge in [-0.3, -0.25) is 19.3 Å². The van der Waals surface area contributed by atoms with E-state index < -0.39 is 11.1 Å². The lowest BCUT2D eigenvalue weighted by Crippen LogP contribution is -2.37. The van der Waals surface area contributed by atoms with E-state index in [1.807, 2.05) is 0 Å². The molecule has 0 aromatic heterocycles. The van der Waals surface area contributed by atoms with Crippen molar-refractivity contribution in [3.8, 4) is 17.2 Å². The van der Waals surface area contributed by atoms with Crippen molar-refractivity contribution in [2.24, 2.45) is 0 Å². The van der Waals surface area contributed by atoms with Gasteiger partial charge in [-0.2, -0.15) is 0 Å². The molecule has 1 aliphatic rings. The standard InChI is InChI=1S/C22H21ClN2O6S/c1-29-16-10-13(11-17(30-2)19(16)31-3)12-18-21(27)25(22(28)32-18)9-8-24-20(26)14-4-6-15(23)7-5-14/h4-7,10-12H,8-9H2,1-3H3,(H,24,26)/b18-12-. The summed E-state index contributed by atoms with van der Waals surface area (Å²) in [5, 5.41) is 2.81. The van der Waals surface area contributed by atoms with Gasteiger partial charge in [0.1, 0.15) is 0 Å². The lowest BCUT2D eigenvalue weighted by atomic mass is 10.1. The van der Waals surface area contributed by atoms with Crippen LogP contribution in [0.2, 0.25) is 5.02 Å². The normalized spacial score (nSPS) is 14.6. The molecule has 3 amide bonds. The van der Waals surface area contributed by atoms with Gasteiger partial charge in [0.05, 0.1) is 26.2 Å². The van der Waals surface area contributed by atoms with Gasteiger partial charge in [0.25, 0.3) is 17.1 Å². The zero-order valence-electron chi connectivity index (χ0n) is 17.6. The number of rotatable bonds is 8. The second-order valence-electron chi connectivity index (χ2n) is 6.55. The lowest BCUT2D eigenvalue weighted by Gasteiger charge is -2.13. The molecule has 32 heavy (non-hydrogen) atoms. The molecule has 2 aromatic rings. The summed E-state index contributed by atoms with van der Waals surface area (Å²) < 4.78 is 15.9. The lowest BCUT2D eigenvalue weighted by molar-refractivity contribution is -0.122. The maximum Gasteiger partial charge on any atom is 0.293 e. The van der Waals surface area contributed by atoms with Crippen molar-refractivity contribution in [1.29, 1.82) is 0 Å². The van der Waals surface area contributed by atoms with Gasteiger partial charge in [-0.25, -0.2) is 0 Å². The number of hydrogen-bond acceptors (Lipinski definition) is 7. The highest BCUT2D eigenvalue weighted by atomic mass is 35.5. The fourth-order valence-electron chi connectivity index (χ4n) is 3.01. The fourth-order valence-corrected chi connectivity index (χ4v) is 4.00. The summed E-state index contributed by atoms with van der Waals surface area (Å²) in [6.07, 6.45) is 1.58. The van der Waals surface area contributed by atoms with Crippen LogP contribution in [0.4, 0.5) is 4.79 Å². The number of amides is 3. The summed E-state index contributed by atoms with van der Waals surface area (Å²) >= 11 is 6.65. The van der Waals surface area contributed by atoms with E-state index in [-0.39, 0.29) is 23.9 Å². The number of carbonyl (C=O) groups is 3. The zero-order chi connectivity index (χ0) is 23.3. The Kier molecular flexibility index (Phi) is 7.66. The third kappa shape index (κ3) is 5.17. The largest absolute Gasteiger partial charge is 0.493 e. The van der Waals surface area contributed by atoms with Crippen LogP contribution in [0.3, 0.4) is 0 Å². The molecule has 0 spiro atoms. The molecule has 0 radical (unpaired) electrons. The van der Waals surface area contributed by atoms with Crippen molar-refractivity contribution in [2.75, 3.05) is 34.4 Å². The van der Waals surface area contributed by atoms with Gasteiger partial charge in [0.15, 0.2) is 11.5 Å². The average Bonchev–Trinajstić information content (AvgIpc) is 3.05. The minimum absolute atomic E-state index is 0.0522. The number of nitrogens with zero attached hydrogens (tertiary/aromatic N) is 1.